The van der Waals surface area contributed by atoms with Gasteiger partial charge < -0.3 is 10.5 Å². The Morgan fingerprint density at radius 3 is 2.38 bits per heavy atom. The SMILES string of the molecule is COc1ccc(Cl)c(NS(=O)(=O)c2ccc(Cl)c(N)c2)c1. The molecule has 2 aromatic rings. The summed E-state index contributed by atoms with van der Waals surface area (Å²) in [5.41, 5.74) is 6.01. The van der Waals surface area contributed by atoms with Crippen molar-refractivity contribution in [2.24, 2.45) is 0 Å². The summed E-state index contributed by atoms with van der Waals surface area (Å²) in [5, 5.41) is 0.537. The van der Waals surface area contributed by atoms with Gasteiger partial charge in [-0.3, -0.25) is 4.72 Å². The van der Waals surface area contributed by atoms with Crippen molar-refractivity contribution in [1.82, 2.24) is 0 Å². The molecule has 0 radical (unpaired) electrons. The molecular formula is C13H12Cl2N2O3S. The van der Waals surface area contributed by atoms with Crippen LogP contribution >= 0.6 is 23.2 Å². The molecule has 0 bridgehead atoms. The number of nitrogens with two attached hydrogens (primary N) is 1. The van der Waals surface area contributed by atoms with Crippen molar-refractivity contribution in [2.45, 2.75) is 4.90 Å². The molecule has 0 heterocycles. The van der Waals surface area contributed by atoms with Gasteiger partial charge in [-0.15, -0.1) is 0 Å². The number of methoxy groups -OCH3 is 1. The minimum Gasteiger partial charge on any atom is -0.497 e. The Hall–Kier alpha value is -1.63. The molecule has 0 unspecified atom stereocenters. The fraction of sp³-hybridized carbons (Fsp3) is 0.0769. The standard InChI is InChI=1S/C13H12Cl2N2O3S/c1-20-8-2-4-11(15)13(6-8)17-21(18,19)9-3-5-10(14)12(16)7-9/h2-7,17H,16H2,1H3. The van der Waals surface area contributed by atoms with E-state index >= 15 is 0 Å². The fourth-order valence-corrected chi connectivity index (χ4v) is 3.05. The molecule has 2 rings (SSSR count). The van der Waals surface area contributed by atoms with E-state index < -0.39 is 10.0 Å². The van der Waals surface area contributed by atoms with Crippen LogP contribution < -0.4 is 15.2 Å². The molecule has 2 aromatic carbocycles. The molecule has 8 heteroatoms. The topological polar surface area (TPSA) is 81.4 Å². The van der Waals surface area contributed by atoms with Gasteiger partial charge in [0, 0.05) is 6.07 Å². The molecule has 0 aliphatic rings. The zero-order chi connectivity index (χ0) is 15.6. The third kappa shape index (κ3) is 3.53. The lowest BCUT2D eigenvalue weighted by molar-refractivity contribution is 0.415. The van der Waals surface area contributed by atoms with Crippen molar-refractivity contribution < 1.29 is 13.2 Å². The molecular weight excluding hydrogens is 335 g/mol. The summed E-state index contributed by atoms with van der Waals surface area (Å²) in [7, 11) is -2.36. The van der Waals surface area contributed by atoms with Gasteiger partial charge in [-0.25, -0.2) is 8.42 Å². The molecule has 5 nitrogen and oxygen atoms in total. The van der Waals surface area contributed by atoms with Crippen LogP contribution in [0, 0.1) is 0 Å². The quantitative estimate of drug-likeness (QED) is 0.831. The van der Waals surface area contributed by atoms with E-state index in [1.54, 1.807) is 6.07 Å². The molecule has 21 heavy (non-hydrogen) atoms. The van der Waals surface area contributed by atoms with E-state index in [2.05, 4.69) is 4.72 Å². The Bertz CT molecular complexity index is 779. The van der Waals surface area contributed by atoms with Crippen LogP contribution in [0.5, 0.6) is 5.75 Å². The monoisotopic (exact) mass is 346 g/mol. The van der Waals surface area contributed by atoms with Crippen molar-refractivity contribution in [3.8, 4) is 5.75 Å². The fourth-order valence-electron chi connectivity index (χ4n) is 1.60. The second-order valence-corrected chi connectivity index (χ2v) is 6.63. The number of hydrogen-bond donors (Lipinski definition) is 2. The number of ether oxygens (including phenoxy) is 1. The van der Waals surface area contributed by atoms with Gasteiger partial charge in [-0.2, -0.15) is 0 Å². The molecule has 0 atom stereocenters. The van der Waals surface area contributed by atoms with Crippen LogP contribution in [0.4, 0.5) is 11.4 Å². The smallest absolute Gasteiger partial charge is 0.262 e. The lowest BCUT2D eigenvalue weighted by Crippen LogP contribution is -2.13. The highest BCUT2D eigenvalue weighted by Crippen LogP contribution is 2.30. The third-order valence-corrected chi connectivity index (χ3v) is 4.73. The van der Waals surface area contributed by atoms with Crippen LogP contribution in [0.15, 0.2) is 41.3 Å². The largest absolute Gasteiger partial charge is 0.497 e. The van der Waals surface area contributed by atoms with Crippen LogP contribution in [0.2, 0.25) is 10.0 Å². The first-order chi connectivity index (χ1) is 9.83. The van der Waals surface area contributed by atoms with E-state index in [4.69, 9.17) is 33.7 Å². The molecule has 0 aliphatic heterocycles. The third-order valence-electron chi connectivity index (χ3n) is 2.70. The summed E-state index contributed by atoms with van der Waals surface area (Å²) in [4.78, 5) is -0.0108. The van der Waals surface area contributed by atoms with Crippen molar-refractivity contribution >= 4 is 44.6 Å². The van der Waals surface area contributed by atoms with Crippen LogP contribution in [0.25, 0.3) is 0 Å². The van der Waals surface area contributed by atoms with Crippen molar-refractivity contribution in [1.29, 1.82) is 0 Å². The van der Waals surface area contributed by atoms with E-state index in [-0.39, 0.29) is 26.3 Å². The van der Waals surface area contributed by atoms with Gasteiger partial charge in [0.05, 0.1) is 33.4 Å². The van der Waals surface area contributed by atoms with E-state index in [1.165, 1.54) is 37.4 Å². The highest BCUT2D eigenvalue weighted by Gasteiger charge is 2.17. The van der Waals surface area contributed by atoms with E-state index in [1.807, 2.05) is 0 Å². The lowest BCUT2D eigenvalue weighted by Gasteiger charge is -2.11. The second kappa shape index (κ2) is 6.01. The van der Waals surface area contributed by atoms with Gasteiger partial charge in [0.2, 0.25) is 0 Å². The van der Waals surface area contributed by atoms with Crippen LogP contribution in [-0.4, -0.2) is 15.5 Å². The summed E-state index contributed by atoms with van der Waals surface area (Å²) in [6.07, 6.45) is 0. The Morgan fingerprint density at radius 2 is 1.76 bits per heavy atom. The first kappa shape index (κ1) is 15.8. The predicted molar refractivity (Wildman–Crippen MR) is 84.7 cm³/mol. The van der Waals surface area contributed by atoms with E-state index in [9.17, 15) is 8.42 Å². The molecule has 0 spiro atoms. The number of rotatable bonds is 4. The minimum absolute atomic E-state index is 0.0108. The Kier molecular flexibility index (Phi) is 4.51. The number of anilines is 2. The second-order valence-electron chi connectivity index (χ2n) is 4.13. The predicted octanol–water partition coefficient (Wildman–Crippen LogP) is 3.39. The van der Waals surface area contributed by atoms with Gasteiger partial charge in [-0.05, 0) is 30.3 Å². The van der Waals surface area contributed by atoms with Crippen LogP contribution in [0.1, 0.15) is 0 Å². The van der Waals surface area contributed by atoms with Crippen LogP contribution in [0.3, 0.4) is 0 Å². The summed E-state index contributed by atoms with van der Waals surface area (Å²) in [5.74, 6) is 0.479. The maximum absolute atomic E-state index is 12.3. The first-order valence-corrected chi connectivity index (χ1v) is 7.99. The number of halogens is 2. The molecule has 0 aromatic heterocycles. The van der Waals surface area contributed by atoms with Crippen molar-refractivity contribution in [3.63, 3.8) is 0 Å². The zero-order valence-corrected chi connectivity index (χ0v) is 13.3. The lowest BCUT2D eigenvalue weighted by atomic mass is 10.3. The van der Waals surface area contributed by atoms with Crippen molar-refractivity contribution in [2.75, 3.05) is 17.6 Å². The maximum atomic E-state index is 12.3. The van der Waals surface area contributed by atoms with Crippen molar-refractivity contribution in [3.05, 3.63) is 46.4 Å². The van der Waals surface area contributed by atoms with Crippen LogP contribution in [-0.2, 0) is 10.0 Å². The van der Waals surface area contributed by atoms with Gasteiger partial charge in [0.25, 0.3) is 10.0 Å². The highest BCUT2D eigenvalue weighted by atomic mass is 35.5. The van der Waals surface area contributed by atoms with Gasteiger partial charge in [0.1, 0.15) is 5.75 Å². The zero-order valence-electron chi connectivity index (χ0n) is 10.9. The molecule has 0 saturated carbocycles. The van der Waals surface area contributed by atoms with Gasteiger partial charge in [0.15, 0.2) is 0 Å². The number of nitrogens with one attached hydrogen (secondary N) is 1. The maximum Gasteiger partial charge on any atom is 0.262 e. The highest BCUT2D eigenvalue weighted by molar-refractivity contribution is 7.92. The Labute approximate surface area is 132 Å². The summed E-state index contributed by atoms with van der Waals surface area (Å²) in [6.45, 7) is 0. The number of nitrogen functional groups attached to an aromatic ring is 1. The molecule has 0 saturated heterocycles. The normalized spacial score (nSPS) is 11.2. The number of hydrogen-bond acceptors (Lipinski definition) is 4. The summed E-state index contributed by atoms with van der Waals surface area (Å²) < 4.78 is 32.0. The number of sulfonamides is 1. The van der Waals surface area contributed by atoms with Gasteiger partial charge >= 0.3 is 0 Å². The average molecular weight is 347 g/mol. The molecule has 0 fully saturated rings. The van der Waals surface area contributed by atoms with Gasteiger partial charge in [-0.1, -0.05) is 23.2 Å². The average Bonchev–Trinajstić information content (AvgIpc) is 2.44. The van der Waals surface area contributed by atoms with E-state index in [0.717, 1.165) is 0 Å². The first-order valence-electron chi connectivity index (χ1n) is 5.75. The molecule has 0 amide bonds. The Balaban J connectivity index is 2.39. The van der Waals surface area contributed by atoms with E-state index in [0.29, 0.717) is 5.75 Å². The molecule has 3 N–H and O–H groups in total. The summed E-state index contributed by atoms with van der Waals surface area (Å²) >= 11 is 11.8. The molecule has 0 aliphatic carbocycles. The minimum atomic E-state index is -3.83. The molecule has 112 valence electrons. The summed E-state index contributed by atoms with van der Waals surface area (Å²) in [6, 6.07) is 8.69. The Morgan fingerprint density at radius 1 is 1.10 bits per heavy atom. The number of benzene rings is 2.